The van der Waals surface area contributed by atoms with Gasteiger partial charge in [-0.2, -0.15) is 10.5 Å². The largest absolute Gasteiger partial charge is 0.367 e. The molecule has 2 saturated heterocycles. The van der Waals surface area contributed by atoms with E-state index in [4.69, 9.17) is 0 Å². The van der Waals surface area contributed by atoms with Gasteiger partial charge in [-0.05, 0) is 98.3 Å². The fourth-order valence-corrected chi connectivity index (χ4v) is 9.16. The Hall–Kier alpha value is -3.73. The van der Waals surface area contributed by atoms with E-state index in [9.17, 15) is 15.3 Å². The number of hydrogen-bond donors (Lipinski definition) is 1. The van der Waals surface area contributed by atoms with Crippen LogP contribution in [0.4, 0.5) is 11.4 Å². The molecule has 0 bridgehead atoms. The predicted molar refractivity (Wildman–Crippen MR) is 212 cm³/mol. The molecule has 0 spiro atoms. The molecule has 2 aliphatic heterocycles. The van der Waals surface area contributed by atoms with Gasteiger partial charge in [0.15, 0.2) is 11.4 Å². The van der Waals surface area contributed by atoms with Gasteiger partial charge < -0.3 is 15.1 Å². The van der Waals surface area contributed by atoms with Crippen LogP contribution in [0.25, 0.3) is 0 Å². The van der Waals surface area contributed by atoms with Crippen molar-refractivity contribution in [3.63, 3.8) is 0 Å². The van der Waals surface area contributed by atoms with Gasteiger partial charge in [0.05, 0.1) is 11.4 Å². The average molecular weight is 722 g/mol. The SMILES string of the molecule is CC(C)(C)C1CCC(N2CCN(c3ccc(C(=O)NC4CC4)nc3C#N)CC2)C1.CCC(C)(C)C1CCC(N2CCN(c3cccnc3C#N)CC2)C1. The van der Waals surface area contributed by atoms with Gasteiger partial charge in [-0.3, -0.25) is 14.6 Å². The minimum atomic E-state index is -0.171. The van der Waals surface area contributed by atoms with Crippen LogP contribution in [0.5, 0.6) is 0 Å². The van der Waals surface area contributed by atoms with Gasteiger partial charge in [-0.25, -0.2) is 9.97 Å². The molecule has 1 N–H and O–H groups in total. The van der Waals surface area contributed by atoms with E-state index < -0.39 is 0 Å². The normalized spacial score (nSPS) is 25.7. The third kappa shape index (κ3) is 9.51. The van der Waals surface area contributed by atoms with Gasteiger partial charge in [-0.15, -0.1) is 0 Å². The Bertz CT molecular complexity index is 1630. The number of rotatable bonds is 8. The highest BCUT2D eigenvalue weighted by Gasteiger charge is 2.39. The number of piperazine rings is 2. The fraction of sp³-hybridized carbons (Fsp3) is 0.698. The van der Waals surface area contributed by atoms with Crippen LogP contribution >= 0.6 is 0 Å². The summed E-state index contributed by atoms with van der Waals surface area (Å²) in [7, 11) is 0. The minimum absolute atomic E-state index is 0.171. The molecule has 10 heteroatoms. The lowest BCUT2D eigenvalue weighted by molar-refractivity contribution is 0.0946. The Morgan fingerprint density at radius 2 is 1.30 bits per heavy atom. The van der Waals surface area contributed by atoms with Crippen molar-refractivity contribution < 1.29 is 4.79 Å². The Morgan fingerprint density at radius 1 is 0.755 bits per heavy atom. The summed E-state index contributed by atoms with van der Waals surface area (Å²) < 4.78 is 0. The van der Waals surface area contributed by atoms with E-state index in [0.29, 0.717) is 34.0 Å². The summed E-state index contributed by atoms with van der Waals surface area (Å²) in [6, 6.07) is 13.8. The number of carbonyl (C=O) groups excluding carboxylic acids is 1. The molecule has 4 heterocycles. The van der Waals surface area contributed by atoms with Crippen LogP contribution in [0.15, 0.2) is 30.5 Å². The first-order valence-electron chi connectivity index (χ1n) is 20.4. The molecule has 5 fully saturated rings. The highest BCUT2D eigenvalue weighted by Crippen LogP contribution is 2.44. The maximum Gasteiger partial charge on any atom is 0.270 e. The molecule has 3 saturated carbocycles. The van der Waals surface area contributed by atoms with Gasteiger partial charge in [0, 0.05) is 76.7 Å². The van der Waals surface area contributed by atoms with Gasteiger partial charge >= 0.3 is 0 Å². The lowest BCUT2D eigenvalue weighted by atomic mass is 9.76. The number of aromatic nitrogens is 2. The maximum absolute atomic E-state index is 12.2. The van der Waals surface area contributed by atoms with Crippen LogP contribution in [0.2, 0.25) is 0 Å². The van der Waals surface area contributed by atoms with Crippen LogP contribution in [0.3, 0.4) is 0 Å². The zero-order valence-corrected chi connectivity index (χ0v) is 33.3. The number of hydrogen-bond acceptors (Lipinski definition) is 9. The number of nitriles is 2. The Kier molecular flexibility index (Phi) is 12.3. The summed E-state index contributed by atoms with van der Waals surface area (Å²) in [4.78, 5) is 30.7. The van der Waals surface area contributed by atoms with Crippen LogP contribution in [-0.2, 0) is 0 Å². The number of nitrogens with one attached hydrogen (secondary N) is 1. The molecule has 286 valence electrons. The van der Waals surface area contributed by atoms with Crippen LogP contribution in [0.1, 0.15) is 121 Å². The lowest BCUT2D eigenvalue weighted by Crippen LogP contribution is -2.50. The first-order valence-corrected chi connectivity index (χ1v) is 20.4. The number of nitrogens with zero attached hydrogens (tertiary/aromatic N) is 8. The summed E-state index contributed by atoms with van der Waals surface area (Å²) in [5, 5.41) is 21.8. The van der Waals surface area contributed by atoms with Crippen molar-refractivity contribution in [3.05, 3.63) is 47.5 Å². The number of carbonyl (C=O) groups is 1. The van der Waals surface area contributed by atoms with E-state index in [0.717, 1.165) is 94.5 Å². The third-order valence-corrected chi connectivity index (χ3v) is 13.4. The van der Waals surface area contributed by atoms with E-state index >= 15 is 0 Å². The van der Waals surface area contributed by atoms with E-state index in [1.807, 2.05) is 18.2 Å². The summed E-state index contributed by atoms with van der Waals surface area (Å²) in [5.74, 6) is 1.51. The van der Waals surface area contributed by atoms with Crippen molar-refractivity contribution in [3.8, 4) is 12.1 Å². The molecule has 53 heavy (non-hydrogen) atoms. The zero-order chi connectivity index (χ0) is 37.8. The van der Waals surface area contributed by atoms with E-state index in [1.54, 1.807) is 12.3 Å². The van der Waals surface area contributed by atoms with Crippen LogP contribution < -0.4 is 15.1 Å². The van der Waals surface area contributed by atoms with Crippen molar-refractivity contribution in [1.29, 1.82) is 10.5 Å². The van der Waals surface area contributed by atoms with Gasteiger partial charge in [0.1, 0.15) is 17.8 Å². The fourth-order valence-electron chi connectivity index (χ4n) is 9.16. The van der Waals surface area contributed by atoms with Crippen LogP contribution in [0, 0.1) is 45.3 Å². The van der Waals surface area contributed by atoms with Gasteiger partial charge in [0.2, 0.25) is 0 Å². The molecule has 7 rings (SSSR count). The van der Waals surface area contributed by atoms with Gasteiger partial charge in [-0.1, -0.05) is 48.0 Å². The molecule has 2 aromatic rings. The second kappa shape index (κ2) is 16.7. The smallest absolute Gasteiger partial charge is 0.270 e. The lowest BCUT2D eigenvalue weighted by Gasteiger charge is -2.39. The van der Waals surface area contributed by atoms with Crippen molar-refractivity contribution in [2.75, 3.05) is 62.2 Å². The highest BCUT2D eigenvalue weighted by molar-refractivity contribution is 5.93. The van der Waals surface area contributed by atoms with Crippen LogP contribution in [-0.4, -0.2) is 96.2 Å². The van der Waals surface area contributed by atoms with Crippen molar-refractivity contribution in [2.45, 2.75) is 117 Å². The first kappa shape index (κ1) is 39.0. The quantitative estimate of drug-likeness (QED) is 0.312. The Morgan fingerprint density at radius 3 is 1.81 bits per heavy atom. The zero-order valence-electron chi connectivity index (χ0n) is 33.3. The summed E-state index contributed by atoms with van der Waals surface area (Å²) in [6.45, 7) is 22.3. The maximum atomic E-state index is 12.2. The molecule has 2 aromatic heterocycles. The van der Waals surface area contributed by atoms with E-state index in [1.165, 1.54) is 44.9 Å². The molecule has 1 amide bonds. The minimum Gasteiger partial charge on any atom is -0.367 e. The first-order chi connectivity index (χ1) is 25.4. The van der Waals surface area contributed by atoms with Crippen molar-refractivity contribution in [2.24, 2.45) is 22.7 Å². The van der Waals surface area contributed by atoms with E-state index in [-0.39, 0.29) is 11.9 Å². The standard InChI is InChI=1S/C23H33N5O.C20H30N4/c1-23(2,3)16-4-7-18(14-16)27-10-12-28(13-11-27)21-9-8-19(26-20(21)15-24)22(29)25-17-5-6-17;1-4-20(2,3)16-7-8-17(14-16)23-10-12-24(13-11-23)19-6-5-9-22-18(19)15-21/h8-9,16-18H,4-7,10-14H2,1-3H3,(H,25,29);5-6,9,16-17H,4,7-8,10-14H2,1-3H3. The topological polar surface area (TPSA) is 115 Å². The summed E-state index contributed by atoms with van der Waals surface area (Å²) in [6.07, 6.45) is 13.1. The van der Waals surface area contributed by atoms with Crippen molar-refractivity contribution >= 4 is 17.3 Å². The van der Waals surface area contributed by atoms with Gasteiger partial charge in [0.25, 0.3) is 5.91 Å². The number of amides is 1. The molecule has 4 unspecified atom stereocenters. The number of anilines is 2. The summed E-state index contributed by atoms with van der Waals surface area (Å²) in [5.41, 5.74) is 3.98. The monoisotopic (exact) mass is 722 g/mol. The van der Waals surface area contributed by atoms with Crippen molar-refractivity contribution in [1.82, 2.24) is 25.1 Å². The average Bonchev–Trinajstić information content (AvgIpc) is 3.59. The second-order valence-electron chi connectivity index (χ2n) is 18.0. The summed E-state index contributed by atoms with van der Waals surface area (Å²) >= 11 is 0. The molecular formula is C43H63N9O. The molecule has 3 aliphatic carbocycles. The molecule has 0 aromatic carbocycles. The Labute approximate surface area is 318 Å². The second-order valence-corrected chi connectivity index (χ2v) is 18.0. The highest BCUT2D eigenvalue weighted by atomic mass is 16.2. The molecule has 5 aliphatic rings. The number of pyridine rings is 2. The molecule has 0 radical (unpaired) electrons. The molecule has 10 nitrogen and oxygen atoms in total. The Balaban J connectivity index is 0.000000185. The molecular weight excluding hydrogens is 659 g/mol. The molecule has 4 atom stereocenters. The van der Waals surface area contributed by atoms with E-state index in [2.05, 4.69) is 88.6 Å². The third-order valence-electron chi connectivity index (χ3n) is 13.4. The predicted octanol–water partition coefficient (Wildman–Crippen LogP) is 6.86.